The molecule has 2 aromatic rings. The van der Waals surface area contributed by atoms with E-state index in [0.717, 1.165) is 28.1 Å². The maximum absolute atomic E-state index is 11.4. The third-order valence-corrected chi connectivity index (χ3v) is 6.72. The molecule has 0 aliphatic heterocycles. The maximum Gasteiger partial charge on any atom is 0.316 e. The van der Waals surface area contributed by atoms with E-state index in [1.807, 2.05) is 0 Å². The largest absolute Gasteiger partial charge is 0.468 e. The molecule has 0 unspecified atom stereocenters. The van der Waals surface area contributed by atoms with Gasteiger partial charge in [-0.1, -0.05) is 32.5 Å². The lowest BCUT2D eigenvalue weighted by Crippen LogP contribution is -2.26. The second-order valence-corrected chi connectivity index (χ2v) is 9.08. The number of aryl methyl sites for hydroxylation is 1. The summed E-state index contributed by atoms with van der Waals surface area (Å²) in [7, 11) is 1.41. The Morgan fingerprint density at radius 1 is 1.43 bits per heavy atom. The molecule has 124 valence electrons. The van der Waals surface area contributed by atoms with Crippen LogP contribution in [-0.2, 0) is 22.4 Å². The fraction of sp³-hybridized carbons (Fsp3) is 0.588. The van der Waals surface area contributed by atoms with Crippen molar-refractivity contribution in [3.8, 4) is 0 Å². The van der Waals surface area contributed by atoms with Crippen molar-refractivity contribution in [2.24, 2.45) is 11.3 Å². The van der Waals surface area contributed by atoms with E-state index in [9.17, 15) is 4.79 Å². The Balaban J connectivity index is 1.94. The van der Waals surface area contributed by atoms with Crippen LogP contribution in [0.15, 0.2) is 11.4 Å². The SMILES string of the molecule is COC(=O)CSc1ncnc2sc3c(c12)CC[C@H](C(C)(C)C)C3. The zero-order valence-corrected chi connectivity index (χ0v) is 15.6. The van der Waals surface area contributed by atoms with Crippen LogP contribution in [0.25, 0.3) is 10.2 Å². The van der Waals surface area contributed by atoms with Crippen molar-refractivity contribution in [2.75, 3.05) is 12.9 Å². The van der Waals surface area contributed by atoms with Gasteiger partial charge in [0, 0.05) is 10.3 Å². The standard InChI is InChI=1S/C17H22N2O2S2/c1-17(2,3)10-5-6-11-12(7-10)23-16-14(11)15(18-9-19-16)22-8-13(20)21-4/h9-10H,5-8H2,1-4H3/t10-/m0/s1. The van der Waals surface area contributed by atoms with E-state index >= 15 is 0 Å². The highest BCUT2D eigenvalue weighted by molar-refractivity contribution is 8.00. The number of esters is 1. The molecule has 0 fully saturated rings. The Morgan fingerprint density at radius 3 is 2.91 bits per heavy atom. The van der Waals surface area contributed by atoms with Gasteiger partial charge in [0.1, 0.15) is 16.2 Å². The smallest absolute Gasteiger partial charge is 0.316 e. The van der Waals surface area contributed by atoms with E-state index < -0.39 is 0 Å². The van der Waals surface area contributed by atoms with E-state index in [4.69, 9.17) is 4.74 Å². The fourth-order valence-corrected chi connectivity index (χ4v) is 5.31. The van der Waals surface area contributed by atoms with Gasteiger partial charge in [0.2, 0.25) is 0 Å². The number of thiophene rings is 1. The molecule has 6 heteroatoms. The average Bonchev–Trinajstić information content (AvgIpc) is 2.89. The molecule has 0 bridgehead atoms. The first-order chi connectivity index (χ1) is 10.9. The summed E-state index contributed by atoms with van der Waals surface area (Å²) >= 11 is 3.24. The van der Waals surface area contributed by atoms with Gasteiger partial charge >= 0.3 is 5.97 Å². The Kier molecular flexibility index (Phi) is 4.65. The van der Waals surface area contributed by atoms with Gasteiger partial charge in [-0.2, -0.15) is 0 Å². The van der Waals surface area contributed by atoms with Gasteiger partial charge in [-0.25, -0.2) is 9.97 Å². The lowest BCUT2D eigenvalue weighted by atomic mass is 9.72. The Morgan fingerprint density at radius 2 is 2.22 bits per heavy atom. The van der Waals surface area contributed by atoms with Crippen LogP contribution in [-0.4, -0.2) is 28.8 Å². The molecule has 0 amide bonds. The fourth-order valence-electron chi connectivity index (χ4n) is 3.12. The summed E-state index contributed by atoms with van der Waals surface area (Å²) in [6, 6.07) is 0. The predicted molar refractivity (Wildman–Crippen MR) is 95.1 cm³/mol. The van der Waals surface area contributed by atoms with Crippen molar-refractivity contribution in [1.29, 1.82) is 0 Å². The highest BCUT2D eigenvalue weighted by Gasteiger charge is 2.31. The highest BCUT2D eigenvalue weighted by Crippen LogP contribution is 2.44. The molecule has 0 saturated heterocycles. The van der Waals surface area contributed by atoms with Gasteiger partial charge in [-0.3, -0.25) is 4.79 Å². The molecule has 1 atom stereocenters. The van der Waals surface area contributed by atoms with Crippen LogP contribution in [0.4, 0.5) is 0 Å². The minimum atomic E-state index is -0.223. The van der Waals surface area contributed by atoms with Crippen molar-refractivity contribution in [3.63, 3.8) is 0 Å². The molecule has 1 aliphatic rings. The highest BCUT2D eigenvalue weighted by atomic mass is 32.2. The predicted octanol–water partition coefficient (Wildman–Crippen LogP) is 4.11. The quantitative estimate of drug-likeness (QED) is 0.474. The third-order valence-electron chi connectivity index (χ3n) is 4.59. The van der Waals surface area contributed by atoms with Crippen LogP contribution in [0.3, 0.4) is 0 Å². The number of hydrogen-bond donors (Lipinski definition) is 0. The molecule has 0 radical (unpaired) electrons. The maximum atomic E-state index is 11.4. The first kappa shape index (κ1) is 16.7. The van der Waals surface area contributed by atoms with Crippen LogP contribution >= 0.6 is 23.1 Å². The molecular weight excluding hydrogens is 328 g/mol. The lowest BCUT2D eigenvalue weighted by Gasteiger charge is -2.33. The number of nitrogens with zero attached hydrogens (tertiary/aromatic N) is 2. The molecule has 2 aromatic heterocycles. The number of ether oxygens (including phenoxy) is 1. The van der Waals surface area contributed by atoms with Crippen LogP contribution < -0.4 is 0 Å². The summed E-state index contributed by atoms with van der Waals surface area (Å²) < 4.78 is 4.73. The monoisotopic (exact) mass is 350 g/mol. The van der Waals surface area contributed by atoms with Gasteiger partial charge in [0.25, 0.3) is 0 Å². The molecule has 4 nitrogen and oxygen atoms in total. The van der Waals surface area contributed by atoms with E-state index in [0.29, 0.717) is 11.3 Å². The summed E-state index contributed by atoms with van der Waals surface area (Å²) in [4.78, 5) is 22.8. The number of carbonyl (C=O) groups excluding carboxylic acids is 1. The summed E-state index contributed by atoms with van der Waals surface area (Å²) in [5.74, 6) is 0.776. The lowest BCUT2D eigenvalue weighted by molar-refractivity contribution is -0.137. The second-order valence-electron chi connectivity index (χ2n) is 7.03. The zero-order valence-electron chi connectivity index (χ0n) is 14.0. The Labute approximate surface area is 145 Å². The van der Waals surface area contributed by atoms with Crippen molar-refractivity contribution in [3.05, 3.63) is 16.8 Å². The average molecular weight is 351 g/mol. The van der Waals surface area contributed by atoms with Crippen LogP contribution in [0.2, 0.25) is 0 Å². The molecule has 0 saturated carbocycles. The minimum absolute atomic E-state index is 0.223. The first-order valence-electron chi connectivity index (χ1n) is 7.85. The summed E-state index contributed by atoms with van der Waals surface area (Å²) in [5, 5.41) is 2.07. The van der Waals surface area contributed by atoms with Crippen LogP contribution in [0, 0.1) is 11.3 Å². The minimum Gasteiger partial charge on any atom is -0.468 e. The number of hydrogen-bond acceptors (Lipinski definition) is 6. The van der Waals surface area contributed by atoms with Gasteiger partial charge in [0.05, 0.1) is 12.9 Å². The molecule has 0 aromatic carbocycles. The zero-order chi connectivity index (χ0) is 16.6. The molecule has 0 spiro atoms. The topological polar surface area (TPSA) is 52.1 Å². The molecule has 3 rings (SSSR count). The van der Waals surface area contributed by atoms with Crippen molar-refractivity contribution in [1.82, 2.24) is 9.97 Å². The number of fused-ring (bicyclic) bond motifs is 3. The van der Waals surface area contributed by atoms with E-state index in [2.05, 4.69) is 30.7 Å². The summed E-state index contributed by atoms with van der Waals surface area (Å²) in [5.41, 5.74) is 1.74. The van der Waals surface area contributed by atoms with Gasteiger partial charge in [-0.05, 0) is 36.2 Å². The number of carbonyl (C=O) groups is 1. The molecule has 2 heterocycles. The van der Waals surface area contributed by atoms with Gasteiger partial charge in [0.15, 0.2) is 0 Å². The molecule has 23 heavy (non-hydrogen) atoms. The molecule has 1 aliphatic carbocycles. The van der Waals surface area contributed by atoms with E-state index in [1.54, 1.807) is 17.7 Å². The first-order valence-corrected chi connectivity index (χ1v) is 9.65. The number of methoxy groups -OCH3 is 1. The normalized spacial score (nSPS) is 18.0. The van der Waals surface area contributed by atoms with Crippen LogP contribution in [0.5, 0.6) is 0 Å². The van der Waals surface area contributed by atoms with E-state index in [1.165, 1.54) is 35.7 Å². The van der Waals surface area contributed by atoms with Gasteiger partial charge in [-0.15, -0.1) is 11.3 Å². The van der Waals surface area contributed by atoms with E-state index in [-0.39, 0.29) is 11.7 Å². The van der Waals surface area contributed by atoms with Crippen molar-refractivity contribution < 1.29 is 9.53 Å². The third kappa shape index (κ3) is 3.38. The van der Waals surface area contributed by atoms with Gasteiger partial charge < -0.3 is 4.74 Å². The Bertz CT molecular complexity index is 734. The molecular formula is C17H22N2O2S2. The molecule has 0 N–H and O–H groups in total. The summed E-state index contributed by atoms with van der Waals surface area (Å²) in [6.45, 7) is 6.98. The Hall–Kier alpha value is -1.14. The van der Waals surface area contributed by atoms with Crippen molar-refractivity contribution in [2.45, 2.75) is 45.1 Å². The van der Waals surface area contributed by atoms with Crippen LogP contribution in [0.1, 0.15) is 37.6 Å². The number of aromatic nitrogens is 2. The second kappa shape index (κ2) is 6.40. The number of rotatable bonds is 3. The number of thioether (sulfide) groups is 1. The van der Waals surface area contributed by atoms with Crippen molar-refractivity contribution >= 4 is 39.3 Å². The summed E-state index contributed by atoms with van der Waals surface area (Å²) in [6.07, 6.45) is 5.01.